The Labute approximate surface area is 248 Å². The Balaban J connectivity index is 1.60. The third kappa shape index (κ3) is 5.17. The van der Waals surface area contributed by atoms with Gasteiger partial charge in [-0.3, -0.25) is 14.5 Å². The van der Waals surface area contributed by atoms with E-state index in [-0.39, 0.29) is 18.4 Å². The van der Waals surface area contributed by atoms with Crippen molar-refractivity contribution in [3.63, 3.8) is 0 Å². The standard InChI is InChI=1S/C34H34FN5O3/c1-22(41)39-34(40-16-8-3-9-17-40,28-21-37-29-12-6-5-11-25(28)29)32(27-20-36-30-15-14-24(35)18-26(27)30)33(42)38-19-23-10-4-7-13-31(23)43-2/h3-8,10-15,18,20-21,32,36-37H,9,16-17,19H2,1-2H3,(H,38,42)(H,39,41). The largest absolute Gasteiger partial charge is 0.496 e. The second-order valence-corrected chi connectivity index (χ2v) is 10.8. The van der Waals surface area contributed by atoms with Gasteiger partial charge in [-0.2, -0.15) is 0 Å². The number of hydrogen-bond donors (Lipinski definition) is 4. The Morgan fingerprint density at radius 2 is 1.77 bits per heavy atom. The number of hydrogen-bond acceptors (Lipinski definition) is 4. The first-order valence-corrected chi connectivity index (χ1v) is 14.3. The molecule has 2 amide bonds. The number of methoxy groups -OCH3 is 1. The second-order valence-electron chi connectivity index (χ2n) is 10.8. The Kier molecular flexibility index (Phi) is 7.73. The van der Waals surface area contributed by atoms with Crippen molar-refractivity contribution in [3.8, 4) is 5.75 Å². The number of ether oxygens (including phenoxy) is 1. The van der Waals surface area contributed by atoms with E-state index in [9.17, 15) is 14.0 Å². The van der Waals surface area contributed by atoms with Crippen molar-refractivity contribution in [1.82, 2.24) is 25.5 Å². The van der Waals surface area contributed by atoms with E-state index in [4.69, 9.17) is 4.74 Å². The molecule has 3 heterocycles. The van der Waals surface area contributed by atoms with Crippen molar-refractivity contribution in [2.45, 2.75) is 31.5 Å². The molecular formula is C34H34FN5O3. The van der Waals surface area contributed by atoms with Crippen LogP contribution in [0.1, 0.15) is 36.0 Å². The highest BCUT2D eigenvalue weighted by atomic mass is 19.1. The molecular weight excluding hydrogens is 545 g/mol. The number of amides is 2. The van der Waals surface area contributed by atoms with Crippen LogP contribution < -0.4 is 15.4 Å². The van der Waals surface area contributed by atoms with Gasteiger partial charge in [0.1, 0.15) is 23.1 Å². The highest BCUT2D eigenvalue weighted by Crippen LogP contribution is 2.46. The average Bonchev–Trinajstić information content (AvgIpc) is 3.64. The van der Waals surface area contributed by atoms with E-state index in [2.05, 4.69) is 31.6 Å². The molecule has 0 bridgehead atoms. The van der Waals surface area contributed by atoms with Gasteiger partial charge >= 0.3 is 0 Å². The van der Waals surface area contributed by atoms with E-state index >= 15 is 0 Å². The summed E-state index contributed by atoms with van der Waals surface area (Å²) < 4.78 is 20.3. The number of nitrogens with one attached hydrogen (secondary N) is 4. The molecule has 3 aromatic carbocycles. The van der Waals surface area contributed by atoms with Gasteiger partial charge in [-0.05, 0) is 42.3 Å². The molecule has 1 aliphatic heterocycles. The molecule has 2 aromatic heterocycles. The van der Waals surface area contributed by atoms with Gasteiger partial charge in [-0.15, -0.1) is 0 Å². The van der Waals surface area contributed by atoms with E-state index in [1.807, 2.05) is 60.8 Å². The van der Waals surface area contributed by atoms with Crippen molar-refractivity contribution in [3.05, 3.63) is 114 Å². The lowest BCUT2D eigenvalue weighted by atomic mass is 9.77. The van der Waals surface area contributed by atoms with Gasteiger partial charge in [0, 0.05) is 71.9 Å². The van der Waals surface area contributed by atoms with Crippen LogP contribution in [0.5, 0.6) is 5.75 Å². The van der Waals surface area contributed by atoms with Gasteiger partial charge in [0.2, 0.25) is 11.8 Å². The smallest absolute Gasteiger partial charge is 0.232 e. The maximum Gasteiger partial charge on any atom is 0.232 e. The van der Waals surface area contributed by atoms with E-state index in [1.54, 1.807) is 19.4 Å². The fourth-order valence-corrected chi connectivity index (χ4v) is 6.39. The van der Waals surface area contributed by atoms with Gasteiger partial charge < -0.3 is 25.3 Å². The van der Waals surface area contributed by atoms with Crippen LogP contribution in [0.4, 0.5) is 4.39 Å². The number of nitrogens with zero attached hydrogens (tertiary/aromatic N) is 1. The van der Waals surface area contributed by atoms with Crippen LogP contribution in [0.25, 0.3) is 21.8 Å². The number of carbonyl (C=O) groups is 2. The van der Waals surface area contributed by atoms with E-state index in [0.717, 1.165) is 28.5 Å². The van der Waals surface area contributed by atoms with Crippen LogP contribution in [0.15, 0.2) is 91.3 Å². The minimum Gasteiger partial charge on any atom is -0.496 e. The van der Waals surface area contributed by atoms with Gasteiger partial charge in [0.05, 0.1) is 7.11 Å². The number of fused-ring (bicyclic) bond motifs is 2. The molecule has 0 radical (unpaired) electrons. The molecule has 0 aliphatic carbocycles. The molecule has 5 aromatic rings. The Morgan fingerprint density at radius 1 is 1.00 bits per heavy atom. The summed E-state index contributed by atoms with van der Waals surface area (Å²) in [7, 11) is 1.59. The molecule has 0 saturated heterocycles. The van der Waals surface area contributed by atoms with Crippen LogP contribution in [-0.2, 0) is 21.8 Å². The molecule has 0 fully saturated rings. The Morgan fingerprint density at radius 3 is 2.56 bits per heavy atom. The summed E-state index contributed by atoms with van der Waals surface area (Å²) in [6, 6.07) is 19.8. The molecule has 43 heavy (non-hydrogen) atoms. The molecule has 0 saturated carbocycles. The zero-order valence-corrected chi connectivity index (χ0v) is 24.1. The highest BCUT2D eigenvalue weighted by Gasteiger charge is 2.52. The zero-order chi connectivity index (χ0) is 30.0. The number of aromatic nitrogens is 2. The summed E-state index contributed by atoms with van der Waals surface area (Å²) >= 11 is 0. The van der Waals surface area contributed by atoms with Crippen molar-refractivity contribution in [2.75, 3.05) is 20.2 Å². The summed E-state index contributed by atoms with van der Waals surface area (Å²) in [5, 5.41) is 7.85. The highest BCUT2D eigenvalue weighted by molar-refractivity contribution is 5.95. The molecule has 4 N–H and O–H groups in total. The quantitative estimate of drug-likeness (QED) is 0.175. The van der Waals surface area contributed by atoms with Crippen molar-refractivity contribution in [1.29, 1.82) is 0 Å². The van der Waals surface area contributed by atoms with Crippen LogP contribution in [0, 0.1) is 5.82 Å². The second kappa shape index (κ2) is 11.8. The number of carbonyl (C=O) groups excluding carboxylic acids is 2. The number of H-pyrrole nitrogens is 2. The molecule has 6 rings (SSSR count). The summed E-state index contributed by atoms with van der Waals surface area (Å²) in [5.74, 6) is -1.38. The maximum atomic E-state index is 14.8. The molecule has 220 valence electrons. The van der Waals surface area contributed by atoms with Crippen LogP contribution in [0.2, 0.25) is 0 Å². The lowest BCUT2D eigenvalue weighted by Crippen LogP contribution is -2.64. The fourth-order valence-electron chi connectivity index (χ4n) is 6.39. The first kappa shape index (κ1) is 28.2. The molecule has 9 heteroatoms. The molecule has 0 spiro atoms. The summed E-state index contributed by atoms with van der Waals surface area (Å²) in [6.07, 6.45) is 8.51. The number of rotatable bonds is 9. The summed E-state index contributed by atoms with van der Waals surface area (Å²) in [5.41, 5.74) is 2.34. The third-order valence-corrected chi connectivity index (χ3v) is 8.24. The Bertz CT molecular complexity index is 1830. The minimum atomic E-state index is -1.34. The number of benzene rings is 3. The topological polar surface area (TPSA) is 102 Å². The van der Waals surface area contributed by atoms with Crippen LogP contribution in [-0.4, -0.2) is 46.9 Å². The lowest BCUT2D eigenvalue weighted by molar-refractivity contribution is -0.132. The first-order chi connectivity index (χ1) is 20.9. The number of aromatic amines is 2. The predicted molar refractivity (Wildman–Crippen MR) is 165 cm³/mol. The van der Waals surface area contributed by atoms with Crippen LogP contribution >= 0.6 is 0 Å². The van der Waals surface area contributed by atoms with Crippen molar-refractivity contribution < 1.29 is 18.7 Å². The number of para-hydroxylation sites is 2. The maximum absolute atomic E-state index is 14.8. The third-order valence-electron chi connectivity index (χ3n) is 8.24. The lowest BCUT2D eigenvalue weighted by Gasteiger charge is -2.49. The molecule has 2 unspecified atom stereocenters. The Hall–Kier alpha value is -4.89. The predicted octanol–water partition coefficient (Wildman–Crippen LogP) is 5.45. The number of halogens is 1. The van der Waals surface area contributed by atoms with Crippen molar-refractivity contribution >= 4 is 33.6 Å². The molecule has 2 atom stereocenters. The van der Waals surface area contributed by atoms with E-state index in [0.29, 0.717) is 35.3 Å². The fraction of sp³-hybridized carbons (Fsp3) is 0.235. The zero-order valence-electron chi connectivity index (χ0n) is 24.1. The minimum absolute atomic E-state index is 0.194. The van der Waals surface area contributed by atoms with Crippen molar-refractivity contribution in [2.24, 2.45) is 0 Å². The van der Waals surface area contributed by atoms with Gasteiger partial charge in [-0.25, -0.2) is 4.39 Å². The normalized spacial score (nSPS) is 15.7. The van der Waals surface area contributed by atoms with E-state index in [1.165, 1.54) is 19.1 Å². The summed E-state index contributed by atoms with van der Waals surface area (Å²) in [6.45, 7) is 2.73. The summed E-state index contributed by atoms with van der Waals surface area (Å²) in [4.78, 5) is 36.7. The van der Waals surface area contributed by atoms with Gasteiger partial charge in [-0.1, -0.05) is 48.6 Å². The SMILES string of the molecule is COc1ccccc1CNC(=O)C(c1c[nH]c2ccc(F)cc12)C(NC(C)=O)(c1c[nH]c2ccccc12)N1CC=CCC1. The molecule has 8 nitrogen and oxygen atoms in total. The first-order valence-electron chi connectivity index (χ1n) is 14.3. The van der Waals surface area contributed by atoms with E-state index < -0.39 is 17.4 Å². The van der Waals surface area contributed by atoms with Gasteiger partial charge in [0.25, 0.3) is 0 Å². The van der Waals surface area contributed by atoms with Gasteiger partial charge in [0.15, 0.2) is 0 Å². The molecule has 1 aliphatic rings. The monoisotopic (exact) mass is 579 g/mol. The van der Waals surface area contributed by atoms with Crippen LogP contribution in [0.3, 0.4) is 0 Å². The average molecular weight is 580 g/mol.